The molecular weight excluding hydrogens is 342 g/mol. The van der Waals surface area contributed by atoms with E-state index < -0.39 is 0 Å². The monoisotopic (exact) mass is 365 g/mol. The van der Waals surface area contributed by atoms with Crippen LogP contribution in [0, 0.1) is 0 Å². The fraction of sp³-hybridized carbons (Fsp3) is 0.286. The summed E-state index contributed by atoms with van der Waals surface area (Å²) in [6.45, 7) is 0.683. The van der Waals surface area contributed by atoms with Crippen molar-refractivity contribution < 1.29 is 14.3 Å². The lowest BCUT2D eigenvalue weighted by molar-refractivity contribution is -0.135. The molecule has 2 aromatic carbocycles. The van der Waals surface area contributed by atoms with Crippen LogP contribution in [0.15, 0.2) is 59.7 Å². The maximum absolute atomic E-state index is 12.0. The molecular formula is C21H23N3O3. The van der Waals surface area contributed by atoms with Gasteiger partial charge in [-0.3, -0.25) is 9.59 Å². The molecule has 27 heavy (non-hydrogen) atoms. The van der Waals surface area contributed by atoms with Crippen molar-refractivity contribution in [3.63, 3.8) is 0 Å². The minimum Gasteiger partial charge on any atom is -0.457 e. The smallest absolute Gasteiger partial charge is 0.259 e. The zero-order valence-electron chi connectivity index (χ0n) is 15.1. The van der Waals surface area contributed by atoms with Crippen molar-refractivity contribution in [2.45, 2.75) is 25.7 Å². The highest BCUT2D eigenvalue weighted by molar-refractivity contribution is 5.86. The average molecular weight is 365 g/mol. The molecule has 0 bridgehead atoms. The van der Waals surface area contributed by atoms with E-state index in [9.17, 15) is 9.59 Å². The minimum absolute atomic E-state index is 0.0393. The van der Waals surface area contributed by atoms with Crippen molar-refractivity contribution in [2.24, 2.45) is 5.10 Å². The lowest BCUT2D eigenvalue weighted by Crippen LogP contribution is -2.39. The van der Waals surface area contributed by atoms with Gasteiger partial charge in [0.15, 0.2) is 0 Å². The molecule has 1 fully saturated rings. The number of para-hydroxylation sites is 1. The van der Waals surface area contributed by atoms with Crippen molar-refractivity contribution in [1.29, 1.82) is 0 Å². The third-order valence-corrected chi connectivity index (χ3v) is 4.25. The molecule has 0 aliphatic carbocycles. The summed E-state index contributed by atoms with van der Waals surface area (Å²) in [5, 5.41) is 3.99. The summed E-state index contributed by atoms with van der Waals surface area (Å²) in [4.78, 5) is 25.6. The highest BCUT2D eigenvalue weighted by atomic mass is 16.5. The van der Waals surface area contributed by atoms with Gasteiger partial charge in [-0.25, -0.2) is 5.43 Å². The van der Waals surface area contributed by atoms with Crippen LogP contribution in [0.3, 0.4) is 0 Å². The first-order valence-corrected chi connectivity index (χ1v) is 9.13. The Bertz CT molecular complexity index is 805. The number of rotatable bonds is 6. The molecule has 0 spiro atoms. The quantitative estimate of drug-likeness (QED) is 0.630. The Morgan fingerprint density at radius 1 is 1.07 bits per heavy atom. The van der Waals surface area contributed by atoms with Crippen LogP contribution in [0.25, 0.3) is 0 Å². The standard InChI is InChI=1S/C21H23N3O3/c25-20(16-24-13-6-2-5-12-21(24)26)23-22-15-17-8-7-11-19(14-17)27-18-9-3-1-4-10-18/h1,3-4,7-11,14-15H,2,5-6,12-13,16H2,(H,23,25)/b22-15-. The SMILES string of the molecule is O=C(CN1CCCCCC1=O)N/N=C\c1cccc(Oc2ccccc2)c1. The zero-order valence-corrected chi connectivity index (χ0v) is 15.1. The number of hydrazone groups is 1. The molecule has 0 radical (unpaired) electrons. The van der Waals surface area contributed by atoms with Crippen LogP contribution in [0.4, 0.5) is 0 Å². The second kappa shape index (κ2) is 9.52. The largest absolute Gasteiger partial charge is 0.457 e. The third kappa shape index (κ3) is 5.95. The molecule has 0 saturated carbocycles. The van der Waals surface area contributed by atoms with E-state index in [-0.39, 0.29) is 18.4 Å². The second-order valence-corrected chi connectivity index (χ2v) is 6.41. The number of carbonyl (C=O) groups excluding carboxylic acids is 2. The van der Waals surface area contributed by atoms with E-state index in [4.69, 9.17) is 4.74 Å². The van der Waals surface area contributed by atoms with E-state index in [1.165, 1.54) is 0 Å². The van der Waals surface area contributed by atoms with Gasteiger partial charge in [-0.1, -0.05) is 36.8 Å². The lowest BCUT2D eigenvalue weighted by Gasteiger charge is -2.18. The summed E-state index contributed by atoms with van der Waals surface area (Å²) in [6, 6.07) is 16.9. The summed E-state index contributed by atoms with van der Waals surface area (Å²) < 4.78 is 5.78. The van der Waals surface area contributed by atoms with Gasteiger partial charge in [0.2, 0.25) is 5.91 Å². The molecule has 6 nitrogen and oxygen atoms in total. The summed E-state index contributed by atoms with van der Waals surface area (Å²) >= 11 is 0. The summed E-state index contributed by atoms with van der Waals surface area (Å²) in [7, 11) is 0. The van der Waals surface area contributed by atoms with Crippen LogP contribution < -0.4 is 10.2 Å². The average Bonchev–Trinajstić information content (AvgIpc) is 2.87. The van der Waals surface area contributed by atoms with E-state index in [0.29, 0.717) is 18.7 Å². The number of ether oxygens (including phenoxy) is 1. The minimum atomic E-state index is -0.293. The van der Waals surface area contributed by atoms with Gasteiger partial charge in [0.25, 0.3) is 5.91 Å². The first kappa shape index (κ1) is 18.6. The van der Waals surface area contributed by atoms with Crippen molar-refractivity contribution in [3.05, 3.63) is 60.2 Å². The Kier molecular flexibility index (Phi) is 6.57. The molecule has 0 unspecified atom stereocenters. The number of hydrogen-bond acceptors (Lipinski definition) is 4. The molecule has 0 aromatic heterocycles. The highest BCUT2D eigenvalue weighted by Crippen LogP contribution is 2.21. The van der Waals surface area contributed by atoms with Gasteiger partial charge < -0.3 is 9.64 Å². The molecule has 1 heterocycles. The molecule has 3 rings (SSSR count). The molecule has 1 N–H and O–H groups in total. The number of likely N-dealkylation sites (tertiary alicyclic amines) is 1. The van der Waals surface area contributed by atoms with Gasteiger partial charge in [-0.05, 0) is 42.7 Å². The molecule has 1 aliphatic rings. The molecule has 140 valence electrons. The van der Waals surface area contributed by atoms with Crippen molar-refractivity contribution in [3.8, 4) is 11.5 Å². The Labute approximate surface area is 158 Å². The predicted molar refractivity (Wildman–Crippen MR) is 104 cm³/mol. The van der Waals surface area contributed by atoms with Crippen LogP contribution in [0.2, 0.25) is 0 Å². The van der Waals surface area contributed by atoms with Crippen molar-refractivity contribution in [2.75, 3.05) is 13.1 Å². The molecule has 1 aliphatic heterocycles. The Morgan fingerprint density at radius 3 is 2.74 bits per heavy atom. The number of nitrogens with zero attached hydrogens (tertiary/aromatic N) is 2. The van der Waals surface area contributed by atoms with Crippen molar-refractivity contribution in [1.82, 2.24) is 10.3 Å². The van der Waals surface area contributed by atoms with Crippen molar-refractivity contribution >= 4 is 18.0 Å². The number of carbonyl (C=O) groups is 2. The Hall–Kier alpha value is -3.15. The van der Waals surface area contributed by atoms with Gasteiger partial charge in [0, 0.05) is 13.0 Å². The van der Waals surface area contributed by atoms with Crippen LogP contribution in [0.5, 0.6) is 11.5 Å². The summed E-state index contributed by atoms with van der Waals surface area (Å²) in [5.41, 5.74) is 3.28. The van der Waals surface area contributed by atoms with E-state index in [2.05, 4.69) is 10.5 Å². The normalized spacial score (nSPS) is 14.8. The summed E-state index contributed by atoms with van der Waals surface area (Å²) in [6.07, 6.45) is 4.95. The zero-order chi connectivity index (χ0) is 18.9. The van der Waals surface area contributed by atoms with Crippen LogP contribution in [0.1, 0.15) is 31.2 Å². The maximum atomic E-state index is 12.0. The van der Waals surface area contributed by atoms with E-state index in [1.54, 1.807) is 11.1 Å². The molecule has 6 heteroatoms. The lowest BCUT2D eigenvalue weighted by atomic mass is 10.2. The fourth-order valence-corrected chi connectivity index (χ4v) is 2.88. The molecule has 2 amide bonds. The van der Waals surface area contributed by atoms with Gasteiger partial charge in [-0.15, -0.1) is 0 Å². The van der Waals surface area contributed by atoms with E-state index >= 15 is 0 Å². The van der Waals surface area contributed by atoms with Gasteiger partial charge in [-0.2, -0.15) is 5.10 Å². The third-order valence-electron chi connectivity index (χ3n) is 4.25. The van der Waals surface area contributed by atoms with Gasteiger partial charge in [0.1, 0.15) is 18.0 Å². The summed E-state index contributed by atoms with van der Waals surface area (Å²) in [5.74, 6) is 1.18. The van der Waals surface area contributed by atoms with Crippen LogP contribution >= 0.6 is 0 Å². The first-order chi connectivity index (χ1) is 13.2. The highest BCUT2D eigenvalue weighted by Gasteiger charge is 2.18. The van der Waals surface area contributed by atoms with E-state index in [0.717, 1.165) is 30.6 Å². The maximum Gasteiger partial charge on any atom is 0.259 e. The number of benzene rings is 2. The van der Waals surface area contributed by atoms with Crippen LogP contribution in [-0.2, 0) is 9.59 Å². The molecule has 0 atom stereocenters. The molecule has 1 saturated heterocycles. The fourth-order valence-electron chi connectivity index (χ4n) is 2.88. The number of amides is 2. The first-order valence-electron chi connectivity index (χ1n) is 9.13. The van der Waals surface area contributed by atoms with Gasteiger partial charge >= 0.3 is 0 Å². The molecule has 2 aromatic rings. The van der Waals surface area contributed by atoms with Gasteiger partial charge in [0.05, 0.1) is 6.21 Å². The Morgan fingerprint density at radius 2 is 1.89 bits per heavy atom. The topological polar surface area (TPSA) is 71.0 Å². The number of nitrogens with one attached hydrogen (secondary N) is 1. The number of hydrogen-bond donors (Lipinski definition) is 1. The second-order valence-electron chi connectivity index (χ2n) is 6.41. The van der Waals surface area contributed by atoms with Crippen LogP contribution in [-0.4, -0.2) is 36.0 Å². The Balaban J connectivity index is 1.52. The van der Waals surface area contributed by atoms with E-state index in [1.807, 2.05) is 54.6 Å². The predicted octanol–water partition coefficient (Wildman–Crippen LogP) is 3.33.